The van der Waals surface area contributed by atoms with Gasteiger partial charge in [0.15, 0.2) is 0 Å². The maximum Gasteiger partial charge on any atom is 0.390 e. The Balaban J connectivity index is 2.79. The topological polar surface area (TPSA) is 30.7 Å². The maximum absolute atomic E-state index is 12.0. The highest BCUT2D eigenvalue weighted by atomic mass is 35.5. The largest absolute Gasteiger partial charge is 0.390 e. The van der Waals surface area contributed by atoms with Crippen LogP contribution in [0.5, 0.6) is 0 Å². The van der Waals surface area contributed by atoms with Crippen LogP contribution in [0.25, 0.3) is 0 Å². The summed E-state index contributed by atoms with van der Waals surface area (Å²) in [5.41, 5.74) is 0. The predicted octanol–water partition coefficient (Wildman–Crippen LogP) is 3.01. The molecule has 0 atom stereocenters. The van der Waals surface area contributed by atoms with Crippen LogP contribution in [0, 0.1) is 0 Å². The van der Waals surface area contributed by atoms with E-state index in [1.165, 1.54) is 4.57 Å². The molecular weight excluding hydrogens is 231 g/mol. The highest BCUT2D eigenvalue weighted by Gasteiger charge is 2.28. The number of alkyl halides is 3. The van der Waals surface area contributed by atoms with Gasteiger partial charge in [0.2, 0.25) is 5.28 Å². The van der Waals surface area contributed by atoms with E-state index in [2.05, 4.69) is 10.2 Å². The number of aromatic nitrogens is 3. The first kappa shape index (κ1) is 12.3. The summed E-state index contributed by atoms with van der Waals surface area (Å²) in [7, 11) is 0. The monoisotopic (exact) mass is 241 g/mol. The van der Waals surface area contributed by atoms with E-state index in [9.17, 15) is 13.2 Å². The number of hydrogen-bond acceptors (Lipinski definition) is 2. The van der Waals surface area contributed by atoms with E-state index in [0.29, 0.717) is 5.82 Å². The predicted molar refractivity (Wildman–Crippen MR) is 49.8 cm³/mol. The molecule has 1 aromatic rings. The van der Waals surface area contributed by atoms with Crippen LogP contribution in [0.4, 0.5) is 13.2 Å². The number of hydrogen-bond donors (Lipinski definition) is 0. The zero-order valence-corrected chi connectivity index (χ0v) is 9.10. The first-order valence-corrected chi connectivity index (χ1v) is 4.84. The highest BCUT2D eigenvalue weighted by molar-refractivity contribution is 6.28. The molecule has 86 valence electrons. The van der Waals surface area contributed by atoms with Crippen molar-refractivity contribution in [2.75, 3.05) is 0 Å². The van der Waals surface area contributed by atoms with E-state index in [-0.39, 0.29) is 17.7 Å². The maximum atomic E-state index is 12.0. The van der Waals surface area contributed by atoms with Crippen molar-refractivity contribution < 1.29 is 13.2 Å². The number of nitrogens with zero attached hydrogens (tertiary/aromatic N) is 3. The average Bonchev–Trinajstić information content (AvgIpc) is 2.42. The molecule has 1 heterocycles. The number of halogens is 4. The van der Waals surface area contributed by atoms with Gasteiger partial charge in [-0.3, -0.25) is 0 Å². The molecule has 0 aromatic carbocycles. The first-order chi connectivity index (χ1) is 6.81. The second kappa shape index (κ2) is 4.38. The molecule has 0 fully saturated rings. The molecule has 0 saturated carbocycles. The molecule has 0 aliphatic carbocycles. The molecule has 0 N–H and O–H groups in total. The van der Waals surface area contributed by atoms with Gasteiger partial charge in [-0.15, -0.1) is 10.2 Å². The van der Waals surface area contributed by atoms with Gasteiger partial charge in [-0.1, -0.05) is 13.8 Å². The van der Waals surface area contributed by atoms with Gasteiger partial charge in [0.25, 0.3) is 0 Å². The van der Waals surface area contributed by atoms with Gasteiger partial charge in [0.05, 0.1) is 6.42 Å². The molecule has 0 aliphatic rings. The SMILES string of the molecule is CC(C)c1nnc(Cl)n1CCC(F)(F)F. The molecule has 7 heteroatoms. The lowest BCUT2D eigenvalue weighted by atomic mass is 10.2. The fourth-order valence-electron chi connectivity index (χ4n) is 1.17. The van der Waals surface area contributed by atoms with Gasteiger partial charge >= 0.3 is 6.18 Å². The van der Waals surface area contributed by atoms with Gasteiger partial charge in [-0.25, -0.2) is 0 Å². The molecule has 0 amide bonds. The molecule has 3 nitrogen and oxygen atoms in total. The second-order valence-electron chi connectivity index (χ2n) is 3.50. The average molecular weight is 242 g/mol. The van der Waals surface area contributed by atoms with E-state index in [1.807, 2.05) is 13.8 Å². The summed E-state index contributed by atoms with van der Waals surface area (Å²) in [4.78, 5) is 0. The van der Waals surface area contributed by atoms with Crippen molar-refractivity contribution in [2.24, 2.45) is 0 Å². The minimum absolute atomic E-state index is 0.00164. The zero-order valence-electron chi connectivity index (χ0n) is 8.35. The van der Waals surface area contributed by atoms with Crippen molar-refractivity contribution >= 4 is 11.6 Å². The summed E-state index contributed by atoms with van der Waals surface area (Å²) in [6, 6.07) is 0. The summed E-state index contributed by atoms with van der Waals surface area (Å²) < 4.78 is 37.3. The second-order valence-corrected chi connectivity index (χ2v) is 3.84. The molecule has 0 spiro atoms. The highest BCUT2D eigenvalue weighted by Crippen LogP contribution is 2.23. The Labute approximate surface area is 90.2 Å². The fraction of sp³-hybridized carbons (Fsp3) is 0.750. The van der Waals surface area contributed by atoms with Crippen molar-refractivity contribution in [1.82, 2.24) is 14.8 Å². The van der Waals surface area contributed by atoms with Crippen molar-refractivity contribution in [3.63, 3.8) is 0 Å². The van der Waals surface area contributed by atoms with E-state index in [0.717, 1.165) is 0 Å². The number of rotatable bonds is 3. The molecule has 0 aliphatic heterocycles. The van der Waals surface area contributed by atoms with Crippen LogP contribution in [0.1, 0.15) is 32.0 Å². The lowest BCUT2D eigenvalue weighted by molar-refractivity contribution is -0.136. The van der Waals surface area contributed by atoms with Crippen molar-refractivity contribution in [2.45, 2.75) is 38.9 Å². The molecule has 0 radical (unpaired) electrons. The minimum atomic E-state index is -4.19. The van der Waals surface area contributed by atoms with E-state index >= 15 is 0 Å². The molecular formula is C8H11ClF3N3. The minimum Gasteiger partial charge on any atom is -0.301 e. The van der Waals surface area contributed by atoms with Crippen LogP contribution < -0.4 is 0 Å². The Kier molecular flexibility index (Phi) is 3.59. The summed E-state index contributed by atoms with van der Waals surface area (Å²) >= 11 is 5.64. The third-order valence-corrected chi connectivity index (χ3v) is 2.15. The standard InChI is InChI=1S/C8H11ClF3N3/c1-5(2)6-13-14-7(9)15(6)4-3-8(10,11)12/h5H,3-4H2,1-2H3. The summed E-state index contributed by atoms with van der Waals surface area (Å²) in [5, 5.41) is 7.28. The zero-order chi connectivity index (χ0) is 11.6. The molecule has 1 rings (SSSR count). The molecule has 1 aromatic heterocycles. The summed E-state index contributed by atoms with van der Waals surface area (Å²) in [5.74, 6) is 0.475. The Morgan fingerprint density at radius 2 is 1.93 bits per heavy atom. The Morgan fingerprint density at radius 3 is 2.40 bits per heavy atom. The van der Waals surface area contributed by atoms with Crippen molar-refractivity contribution in [3.8, 4) is 0 Å². The normalized spacial score (nSPS) is 12.5. The van der Waals surface area contributed by atoms with Crippen LogP contribution >= 0.6 is 11.6 Å². The van der Waals surface area contributed by atoms with Gasteiger partial charge in [-0.2, -0.15) is 13.2 Å². The van der Waals surface area contributed by atoms with Gasteiger partial charge in [-0.05, 0) is 11.6 Å². The Bertz CT molecular complexity index is 332. The van der Waals surface area contributed by atoms with Crippen molar-refractivity contribution in [1.29, 1.82) is 0 Å². The first-order valence-electron chi connectivity index (χ1n) is 4.46. The van der Waals surface area contributed by atoms with Crippen LogP contribution in [0.2, 0.25) is 5.28 Å². The summed E-state index contributed by atoms with van der Waals surface area (Å²) in [6.07, 6.45) is -5.12. The lowest BCUT2D eigenvalue weighted by Crippen LogP contribution is -2.14. The van der Waals surface area contributed by atoms with E-state index < -0.39 is 12.6 Å². The quantitative estimate of drug-likeness (QED) is 0.815. The lowest BCUT2D eigenvalue weighted by Gasteiger charge is -2.11. The third-order valence-electron chi connectivity index (χ3n) is 1.87. The van der Waals surface area contributed by atoms with Gasteiger partial charge in [0, 0.05) is 12.5 Å². The summed E-state index contributed by atoms with van der Waals surface area (Å²) in [6.45, 7) is 3.41. The fourth-order valence-corrected chi connectivity index (χ4v) is 1.38. The van der Waals surface area contributed by atoms with E-state index in [1.54, 1.807) is 0 Å². The molecule has 0 saturated heterocycles. The Hall–Kier alpha value is -0.780. The van der Waals surface area contributed by atoms with Crippen molar-refractivity contribution in [3.05, 3.63) is 11.1 Å². The van der Waals surface area contributed by atoms with E-state index in [4.69, 9.17) is 11.6 Å². The Morgan fingerprint density at radius 1 is 1.33 bits per heavy atom. The van der Waals surface area contributed by atoms with Crippen LogP contribution in [0.3, 0.4) is 0 Å². The van der Waals surface area contributed by atoms with Gasteiger partial charge < -0.3 is 4.57 Å². The molecule has 15 heavy (non-hydrogen) atoms. The molecule has 0 bridgehead atoms. The van der Waals surface area contributed by atoms with Crippen LogP contribution in [-0.2, 0) is 6.54 Å². The van der Waals surface area contributed by atoms with Crippen LogP contribution in [-0.4, -0.2) is 20.9 Å². The van der Waals surface area contributed by atoms with Gasteiger partial charge in [0.1, 0.15) is 5.82 Å². The smallest absolute Gasteiger partial charge is 0.301 e. The molecule has 0 unspecified atom stereocenters. The third kappa shape index (κ3) is 3.37. The van der Waals surface area contributed by atoms with Crippen LogP contribution in [0.15, 0.2) is 0 Å².